The first kappa shape index (κ1) is 25.3. The lowest BCUT2D eigenvalue weighted by molar-refractivity contribution is -0.131. The predicted octanol–water partition coefficient (Wildman–Crippen LogP) is 4.69. The van der Waals surface area contributed by atoms with Crippen LogP contribution in [0.15, 0.2) is 75.4 Å². The Hall–Kier alpha value is -3.76. The minimum atomic E-state index is -3.78. The molecule has 1 amide bonds. The van der Waals surface area contributed by atoms with Crippen molar-refractivity contribution in [3.63, 3.8) is 0 Å². The molecule has 1 aliphatic rings. The molecule has 8 nitrogen and oxygen atoms in total. The topological polar surface area (TPSA) is 108 Å². The summed E-state index contributed by atoms with van der Waals surface area (Å²) in [5.41, 5.74) is 1.58. The van der Waals surface area contributed by atoms with E-state index in [-0.39, 0.29) is 16.6 Å². The third kappa shape index (κ3) is 5.55. The monoisotopic (exact) mass is 525 g/mol. The van der Waals surface area contributed by atoms with Crippen molar-refractivity contribution in [2.45, 2.75) is 22.5 Å². The van der Waals surface area contributed by atoms with E-state index in [1.165, 1.54) is 45.0 Å². The van der Waals surface area contributed by atoms with Crippen LogP contribution in [0.5, 0.6) is 17.2 Å². The first-order valence-corrected chi connectivity index (χ1v) is 13.2. The Labute approximate surface area is 213 Å². The Bertz CT molecular complexity index is 1440. The van der Waals surface area contributed by atoms with Gasteiger partial charge in [0, 0.05) is 11.8 Å². The Morgan fingerprint density at radius 3 is 2.28 bits per heavy atom. The van der Waals surface area contributed by atoms with E-state index in [0.29, 0.717) is 38.3 Å². The number of carbonyl (C=O) groups is 2. The molecule has 0 unspecified atom stereocenters. The Balaban J connectivity index is 1.57. The number of rotatable bonds is 7. The third-order valence-corrected chi connectivity index (χ3v) is 8.05. The molecule has 1 N–H and O–H groups in total. The predicted molar refractivity (Wildman–Crippen MR) is 137 cm³/mol. The number of amides is 1. The number of hydrogen-bond donors (Lipinski definition) is 1. The normalized spacial score (nSPS) is 14.1. The van der Waals surface area contributed by atoms with Crippen LogP contribution in [0.3, 0.4) is 0 Å². The van der Waals surface area contributed by atoms with Crippen LogP contribution in [0.25, 0.3) is 6.08 Å². The van der Waals surface area contributed by atoms with Crippen molar-refractivity contribution in [1.82, 2.24) is 0 Å². The SMILES string of the molecule is COc1cccc(OC)c1CS(=O)(=O)c1ccc2c(c1)NC(=O)/C(=C/c1ccc(OC(C)=O)cc1)S2. The van der Waals surface area contributed by atoms with E-state index in [0.717, 1.165) is 5.56 Å². The van der Waals surface area contributed by atoms with Crippen LogP contribution in [0, 0.1) is 0 Å². The van der Waals surface area contributed by atoms with Crippen LogP contribution in [0.2, 0.25) is 0 Å². The van der Waals surface area contributed by atoms with E-state index in [1.807, 2.05) is 0 Å². The Morgan fingerprint density at radius 2 is 1.67 bits per heavy atom. The number of anilines is 1. The quantitative estimate of drug-likeness (QED) is 0.269. The maximum Gasteiger partial charge on any atom is 0.308 e. The Kier molecular flexibility index (Phi) is 7.37. The number of nitrogens with one attached hydrogen (secondary N) is 1. The van der Waals surface area contributed by atoms with Crippen molar-refractivity contribution in [1.29, 1.82) is 0 Å². The zero-order chi connectivity index (χ0) is 25.9. The minimum Gasteiger partial charge on any atom is -0.496 e. The van der Waals surface area contributed by atoms with Gasteiger partial charge in [0.25, 0.3) is 5.91 Å². The first-order chi connectivity index (χ1) is 17.2. The second-order valence-electron chi connectivity index (χ2n) is 7.79. The van der Waals surface area contributed by atoms with Gasteiger partial charge in [0.1, 0.15) is 17.2 Å². The molecule has 36 heavy (non-hydrogen) atoms. The summed E-state index contributed by atoms with van der Waals surface area (Å²) in [7, 11) is -0.839. The molecule has 0 saturated heterocycles. The third-order valence-electron chi connectivity index (χ3n) is 5.31. The van der Waals surface area contributed by atoms with Crippen LogP contribution in [0.4, 0.5) is 5.69 Å². The van der Waals surface area contributed by atoms with Gasteiger partial charge in [-0.15, -0.1) is 0 Å². The molecule has 0 spiro atoms. The zero-order valence-electron chi connectivity index (χ0n) is 19.7. The summed E-state index contributed by atoms with van der Waals surface area (Å²) >= 11 is 1.24. The lowest BCUT2D eigenvalue weighted by Crippen LogP contribution is -2.18. The van der Waals surface area contributed by atoms with Crippen molar-refractivity contribution in [3.05, 3.63) is 76.7 Å². The summed E-state index contributed by atoms with van der Waals surface area (Å²) in [6, 6.07) is 16.5. The molecule has 0 atom stereocenters. The van der Waals surface area contributed by atoms with Gasteiger partial charge in [-0.25, -0.2) is 8.42 Å². The highest BCUT2D eigenvalue weighted by Crippen LogP contribution is 2.41. The van der Waals surface area contributed by atoms with E-state index in [1.54, 1.807) is 54.6 Å². The number of methoxy groups -OCH3 is 2. The lowest BCUT2D eigenvalue weighted by Gasteiger charge is -2.20. The van der Waals surface area contributed by atoms with Gasteiger partial charge in [0.05, 0.1) is 41.0 Å². The average Bonchev–Trinajstić information content (AvgIpc) is 2.85. The van der Waals surface area contributed by atoms with Gasteiger partial charge in [-0.1, -0.05) is 30.0 Å². The van der Waals surface area contributed by atoms with Crippen molar-refractivity contribution < 1.29 is 32.2 Å². The number of hydrogen-bond acceptors (Lipinski definition) is 8. The zero-order valence-corrected chi connectivity index (χ0v) is 21.4. The van der Waals surface area contributed by atoms with Crippen LogP contribution < -0.4 is 19.5 Å². The van der Waals surface area contributed by atoms with Crippen molar-refractivity contribution in [2.24, 2.45) is 0 Å². The maximum atomic E-state index is 13.2. The molecule has 0 radical (unpaired) electrons. The molecule has 186 valence electrons. The molecule has 0 aromatic heterocycles. The fourth-order valence-electron chi connectivity index (χ4n) is 3.63. The van der Waals surface area contributed by atoms with Crippen LogP contribution in [0.1, 0.15) is 18.1 Å². The molecule has 4 rings (SSSR count). The molecule has 1 heterocycles. The smallest absolute Gasteiger partial charge is 0.308 e. The molecule has 0 fully saturated rings. The molecule has 1 aliphatic heterocycles. The summed E-state index contributed by atoms with van der Waals surface area (Å²) in [5.74, 6) is 0.149. The van der Waals surface area contributed by atoms with Crippen molar-refractivity contribution >= 4 is 45.2 Å². The van der Waals surface area contributed by atoms with E-state index < -0.39 is 15.8 Å². The van der Waals surface area contributed by atoms with Gasteiger partial charge < -0.3 is 19.5 Å². The van der Waals surface area contributed by atoms with E-state index >= 15 is 0 Å². The van der Waals surface area contributed by atoms with Crippen LogP contribution >= 0.6 is 11.8 Å². The van der Waals surface area contributed by atoms with E-state index in [4.69, 9.17) is 14.2 Å². The number of benzene rings is 3. The van der Waals surface area contributed by atoms with Gasteiger partial charge in [-0.05, 0) is 54.1 Å². The standard InChI is InChI=1S/C26H23NO7S2/c1-16(28)34-18-9-7-17(8-10-18)13-25-26(29)27-21-14-19(11-12-24(21)35-25)36(30,31)15-20-22(32-2)5-4-6-23(20)33-3/h4-14H,15H2,1-3H3,(H,27,29)/b25-13-. The summed E-state index contributed by atoms with van der Waals surface area (Å²) < 4.78 is 42.1. The summed E-state index contributed by atoms with van der Waals surface area (Å²) in [6.07, 6.45) is 1.71. The van der Waals surface area contributed by atoms with Gasteiger partial charge in [-0.3, -0.25) is 9.59 Å². The van der Waals surface area contributed by atoms with Gasteiger partial charge >= 0.3 is 5.97 Å². The van der Waals surface area contributed by atoms with E-state index in [9.17, 15) is 18.0 Å². The second kappa shape index (κ2) is 10.5. The molecule has 3 aromatic carbocycles. The summed E-state index contributed by atoms with van der Waals surface area (Å²) in [5, 5.41) is 2.78. The molecule has 0 saturated carbocycles. The highest BCUT2D eigenvalue weighted by molar-refractivity contribution is 8.04. The fraction of sp³-hybridized carbons (Fsp3) is 0.154. The fourth-order valence-corrected chi connectivity index (χ4v) is 5.96. The molecular formula is C26H23NO7S2. The number of thioether (sulfide) groups is 1. The minimum absolute atomic E-state index is 0.0728. The Morgan fingerprint density at radius 1 is 1.00 bits per heavy atom. The first-order valence-electron chi connectivity index (χ1n) is 10.8. The molecule has 10 heteroatoms. The molecular weight excluding hydrogens is 502 g/mol. The van der Waals surface area contributed by atoms with Gasteiger partial charge in [0.2, 0.25) is 0 Å². The summed E-state index contributed by atoms with van der Waals surface area (Å²) in [6.45, 7) is 1.32. The van der Waals surface area contributed by atoms with Crippen molar-refractivity contribution in [2.75, 3.05) is 19.5 Å². The molecule has 0 aliphatic carbocycles. The largest absolute Gasteiger partial charge is 0.496 e. The number of fused-ring (bicyclic) bond motifs is 1. The van der Waals surface area contributed by atoms with Gasteiger partial charge in [0.15, 0.2) is 9.84 Å². The molecule has 3 aromatic rings. The van der Waals surface area contributed by atoms with Gasteiger partial charge in [-0.2, -0.15) is 0 Å². The lowest BCUT2D eigenvalue weighted by atomic mass is 10.2. The summed E-state index contributed by atoms with van der Waals surface area (Å²) in [4.78, 5) is 25.0. The highest BCUT2D eigenvalue weighted by Gasteiger charge is 2.26. The van der Waals surface area contributed by atoms with Crippen LogP contribution in [-0.2, 0) is 25.2 Å². The number of carbonyl (C=O) groups excluding carboxylic acids is 2. The average molecular weight is 526 g/mol. The maximum absolute atomic E-state index is 13.2. The molecule has 0 bridgehead atoms. The number of ether oxygens (including phenoxy) is 3. The van der Waals surface area contributed by atoms with Crippen LogP contribution in [-0.4, -0.2) is 34.5 Å². The number of esters is 1. The van der Waals surface area contributed by atoms with E-state index in [2.05, 4.69) is 5.32 Å². The van der Waals surface area contributed by atoms with Crippen molar-refractivity contribution in [3.8, 4) is 17.2 Å². The second-order valence-corrected chi connectivity index (χ2v) is 10.9. The number of sulfone groups is 1. The highest BCUT2D eigenvalue weighted by atomic mass is 32.2.